The topological polar surface area (TPSA) is 65.4 Å². The molecule has 1 fully saturated rings. The van der Waals surface area contributed by atoms with E-state index in [4.69, 9.17) is 4.98 Å². The van der Waals surface area contributed by atoms with Crippen molar-refractivity contribution in [3.05, 3.63) is 46.2 Å². The second-order valence-corrected chi connectivity index (χ2v) is 9.26. The van der Waals surface area contributed by atoms with Crippen LogP contribution in [-0.4, -0.2) is 47.0 Å². The summed E-state index contributed by atoms with van der Waals surface area (Å²) in [4.78, 5) is 16.0. The van der Waals surface area contributed by atoms with E-state index < -0.39 is 0 Å². The normalized spacial score (nSPS) is 16.3. The zero-order valence-corrected chi connectivity index (χ0v) is 21.0. The summed E-state index contributed by atoms with van der Waals surface area (Å²) in [6.07, 6.45) is 4.09. The third-order valence-corrected chi connectivity index (χ3v) is 5.84. The summed E-state index contributed by atoms with van der Waals surface area (Å²) in [6.45, 7) is 10.4. The summed E-state index contributed by atoms with van der Waals surface area (Å²) in [6, 6.07) is 6.57. The van der Waals surface area contributed by atoms with Crippen LogP contribution < -0.4 is 10.6 Å². The number of rotatable bonds is 5. The predicted molar refractivity (Wildman–Crippen MR) is 132 cm³/mol. The highest BCUT2D eigenvalue weighted by Gasteiger charge is 2.21. The number of guanidine groups is 1. The Labute approximate surface area is 195 Å². The lowest BCUT2D eigenvalue weighted by Gasteiger charge is -2.32. The SMILES string of the molecule is CN=C(NCc1nc(C(C)(C)C)cs1)NC1CCN(Cc2ccccn2)CC1.I. The Morgan fingerprint density at radius 3 is 2.62 bits per heavy atom. The molecule has 0 saturated carbocycles. The number of nitrogens with one attached hydrogen (secondary N) is 2. The zero-order chi connectivity index (χ0) is 20.0. The number of aliphatic imine (C=N–C) groups is 1. The van der Waals surface area contributed by atoms with Gasteiger partial charge in [-0.3, -0.25) is 14.9 Å². The molecule has 3 rings (SSSR count). The van der Waals surface area contributed by atoms with Crippen LogP contribution in [0.5, 0.6) is 0 Å². The second kappa shape index (κ2) is 11.2. The van der Waals surface area contributed by atoms with Crippen molar-refractivity contribution in [3.8, 4) is 0 Å². The fraction of sp³-hybridized carbons (Fsp3) is 0.571. The zero-order valence-electron chi connectivity index (χ0n) is 17.8. The minimum absolute atomic E-state index is 0. The van der Waals surface area contributed by atoms with Crippen LogP contribution in [0.25, 0.3) is 0 Å². The van der Waals surface area contributed by atoms with Crippen LogP contribution in [0.1, 0.15) is 50.0 Å². The first kappa shape index (κ1) is 24.0. The third kappa shape index (κ3) is 7.49. The molecule has 2 N–H and O–H groups in total. The molecule has 1 aliphatic rings. The van der Waals surface area contributed by atoms with Crippen LogP contribution in [-0.2, 0) is 18.5 Å². The summed E-state index contributed by atoms with van der Waals surface area (Å²) in [7, 11) is 1.83. The molecule has 0 spiro atoms. The van der Waals surface area contributed by atoms with Crippen LogP contribution in [0, 0.1) is 0 Å². The molecule has 29 heavy (non-hydrogen) atoms. The minimum atomic E-state index is 0. The first-order valence-corrected chi connectivity index (χ1v) is 10.9. The Hall–Kier alpha value is -1.26. The van der Waals surface area contributed by atoms with E-state index in [0.717, 1.165) is 54.8 Å². The van der Waals surface area contributed by atoms with E-state index in [9.17, 15) is 0 Å². The van der Waals surface area contributed by atoms with Crippen molar-refractivity contribution in [3.63, 3.8) is 0 Å². The highest BCUT2D eigenvalue weighted by atomic mass is 127. The summed E-state index contributed by atoms with van der Waals surface area (Å²) < 4.78 is 0. The first-order valence-electron chi connectivity index (χ1n) is 9.98. The number of thiazole rings is 1. The number of nitrogens with zero attached hydrogens (tertiary/aromatic N) is 4. The Morgan fingerprint density at radius 2 is 2.03 bits per heavy atom. The summed E-state index contributed by atoms with van der Waals surface area (Å²) in [5.41, 5.74) is 2.39. The molecule has 8 heteroatoms. The maximum absolute atomic E-state index is 4.75. The molecule has 0 unspecified atom stereocenters. The lowest BCUT2D eigenvalue weighted by Crippen LogP contribution is -2.48. The van der Waals surface area contributed by atoms with Crippen molar-refractivity contribution in [2.24, 2.45) is 4.99 Å². The van der Waals surface area contributed by atoms with Gasteiger partial charge in [0.1, 0.15) is 5.01 Å². The van der Waals surface area contributed by atoms with Gasteiger partial charge in [0.15, 0.2) is 5.96 Å². The Kier molecular flexibility index (Phi) is 9.29. The number of piperidine rings is 1. The van der Waals surface area contributed by atoms with Gasteiger partial charge in [0.2, 0.25) is 0 Å². The summed E-state index contributed by atoms with van der Waals surface area (Å²) in [5.74, 6) is 0.857. The number of hydrogen-bond acceptors (Lipinski definition) is 5. The van der Waals surface area contributed by atoms with E-state index in [-0.39, 0.29) is 29.4 Å². The standard InChI is InChI=1S/C21H32N6S.HI/c1-21(2,3)18-15-28-19(26-18)13-24-20(22-4)25-16-8-11-27(12-9-16)14-17-7-5-6-10-23-17;/h5-7,10,15-16H,8-9,11-14H2,1-4H3,(H2,22,24,25);1H. The number of pyridine rings is 1. The average Bonchev–Trinajstić information content (AvgIpc) is 3.17. The molecule has 0 aliphatic carbocycles. The lowest BCUT2D eigenvalue weighted by atomic mass is 9.93. The van der Waals surface area contributed by atoms with Crippen LogP contribution in [0.2, 0.25) is 0 Å². The summed E-state index contributed by atoms with van der Waals surface area (Å²) in [5, 5.41) is 10.2. The molecule has 2 aromatic rings. The Morgan fingerprint density at radius 1 is 1.28 bits per heavy atom. The van der Waals surface area contributed by atoms with Crippen molar-refractivity contribution in [2.45, 2.75) is 58.2 Å². The quantitative estimate of drug-likeness (QED) is 0.352. The molecular formula is C21H33IN6S. The van der Waals surface area contributed by atoms with Gasteiger partial charge in [0.25, 0.3) is 0 Å². The molecule has 1 saturated heterocycles. The van der Waals surface area contributed by atoms with Gasteiger partial charge in [-0.1, -0.05) is 26.8 Å². The third-order valence-electron chi connectivity index (χ3n) is 4.99. The largest absolute Gasteiger partial charge is 0.354 e. The van der Waals surface area contributed by atoms with Crippen molar-refractivity contribution >= 4 is 41.3 Å². The molecule has 1 aliphatic heterocycles. The molecule has 3 heterocycles. The molecule has 6 nitrogen and oxygen atoms in total. The number of aromatic nitrogens is 2. The van der Waals surface area contributed by atoms with Gasteiger partial charge in [0.05, 0.1) is 17.9 Å². The predicted octanol–water partition coefficient (Wildman–Crippen LogP) is 3.78. The molecular weight excluding hydrogens is 495 g/mol. The number of likely N-dealkylation sites (tertiary alicyclic amines) is 1. The van der Waals surface area contributed by atoms with Crippen molar-refractivity contribution < 1.29 is 0 Å². The van der Waals surface area contributed by atoms with Crippen LogP contribution in [0.3, 0.4) is 0 Å². The first-order chi connectivity index (χ1) is 13.4. The highest BCUT2D eigenvalue weighted by Crippen LogP contribution is 2.23. The lowest BCUT2D eigenvalue weighted by molar-refractivity contribution is 0.196. The average molecular weight is 529 g/mol. The molecule has 0 bridgehead atoms. The van der Waals surface area contributed by atoms with Crippen molar-refractivity contribution in [1.29, 1.82) is 0 Å². The van der Waals surface area contributed by atoms with Gasteiger partial charge in [-0.05, 0) is 25.0 Å². The molecule has 2 aromatic heterocycles. The van der Waals surface area contributed by atoms with Gasteiger partial charge in [-0.2, -0.15) is 0 Å². The van der Waals surface area contributed by atoms with Gasteiger partial charge < -0.3 is 10.6 Å². The fourth-order valence-corrected chi connectivity index (χ4v) is 4.20. The van der Waals surface area contributed by atoms with E-state index in [1.165, 1.54) is 0 Å². The minimum Gasteiger partial charge on any atom is -0.354 e. The van der Waals surface area contributed by atoms with Crippen molar-refractivity contribution in [1.82, 2.24) is 25.5 Å². The van der Waals surface area contributed by atoms with Crippen LogP contribution in [0.4, 0.5) is 0 Å². The molecule has 0 radical (unpaired) electrons. The van der Waals surface area contributed by atoms with E-state index in [2.05, 4.69) is 63.8 Å². The molecule has 0 aromatic carbocycles. The Balaban J connectivity index is 0.00000300. The highest BCUT2D eigenvalue weighted by molar-refractivity contribution is 14.0. The fourth-order valence-electron chi connectivity index (χ4n) is 3.24. The van der Waals surface area contributed by atoms with E-state index >= 15 is 0 Å². The van der Waals surface area contributed by atoms with Gasteiger partial charge in [-0.25, -0.2) is 4.98 Å². The second-order valence-electron chi connectivity index (χ2n) is 8.32. The summed E-state index contributed by atoms with van der Waals surface area (Å²) >= 11 is 1.71. The van der Waals surface area contributed by atoms with E-state index in [1.54, 1.807) is 11.3 Å². The van der Waals surface area contributed by atoms with Gasteiger partial charge in [0, 0.05) is 49.7 Å². The van der Waals surface area contributed by atoms with Gasteiger partial charge in [-0.15, -0.1) is 35.3 Å². The van der Waals surface area contributed by atoms with Crippen LogP contribution in [0.15, 0.2) is 34.8 Å². The number of halogens is 1. The van der Waals surface area contributed by atoms with Gasteiger partial charge >= 0.3 is 0 Å². The number of hydrogen-bond donors (Lipinski definition) is 2. The monoisotopic (exact) mass is 528 g/mol. The maximum atomic E-state index is 4.75. The Bertz CT molecular complexity index is 763. The molecule has 160 valence electrons. The van der Waals surface area contributed by atoms with Crippen LogP contribution >= 0.6 is 35.3 Å². The maximum Gasteiger partial charge on any atom is 0.191 e. The van der Waals surface area contributed by atoms with E-state index in [0.29, 0.717) is 12.6 Å². The molecule has 0 amide bonds. The smallest absolute Gasteiger partial charge is 0.191 e. The molecule has 0 atom stereocenters. The van der Waals surface area contributed by atoms with E-state index in [1.807, 2.05) is 19.3 Å². The van der Waals surface area contributed by atoms with Crippen molar-refractivity contribution in [2.75, 3.05) is 20.1 Å².